The normalized spacial score (nSPS) is 48.5. The molecule has 0 aliphatic heterocycles. The summed E-state index contributed by atoms with van der Waals surface area (Å²) in [7, 11) is 1.58. The lowest BCUT2D eigenvalue weighted by Gasteiger charge is -2.60. The molecule has 4 aliphatic rings. The molecule has 0 saturated heterocycles. The van der Waals surface area contributed by atoms with Crippen LogP contribution in [-0.2, 0) is 14.3 Å². The van der Waals surface area contributed by atoms with Gasteiger partial charge in [0.15, 0.2) is 11.6 Å². The number of carbonyl (C=O) groups is 2. The number of aliphatic hydroxyl groups is 1. The van der Waals surface area contributed by atoms with Crippen LogP contribution < -0.4 is 0 Å². The number of carbonyl (C=O) groups excluding carboxylic acids is 2. The van der Waals surface area contributed by atoms with E-state index >= 15 is 0 Å². The van der Waals surface area contributed by atoms with Crippen LogP contribution in [0.3, 0.4) is 0 Å². The fourth-order valence-corrected chi connectivity index (χ4v) is 7.52. The predicted octanol–water partition coefficient (Wildman–Crippen LogP) is 3.34. The van der Waals surface area contributed by atoms with E-state index in [2.05, 4.69) is 20.8 Å². The van der Waals surface area contributed by atoms with Crippen molar-refractivity contribution in [1.82, 2.24) is 0 Å². The number of hydrogen-bond acceptors (Lipinski definition) is 4. The molecule has 0 aromatic carbocycles. The van der Waals surface area contributed by atoms with Gasteiger partial charge in [0, 0.05) is 24.4 Å². The zero-order valence-corrected chi connectivity index (χ0v) is 16.9. The topological polar surface area (TPSA) is 63.6 Å². The number of ether oxygens (including phenoxy) is 1. The lowest BCUT2D eigenvalue weighted by atomic mass is 9.45. The number of hydrogen-bond donors (Lipinski definition) is 1. The first kappa shape index (κ1) is 19.1. The van der Waals surface area contributed by atoms with Crippen LogP contribution in [-0.4, -0.2) is 36.5 Å². The molecule has 27 heavy (non-hydrogen) atoms. The molecule has 0 amide bonds. The highest BCUT2D eigenvalue weighted by atomic mass is 16.5. The van der Waals surface area contributed by atoms with Gasteiger partial charge in [0.25, 0.3) is 0 Å². The Morgan fingerprint density at radius 2 is 2.07 bits per heavy atom. The molecule has 1 N–H and O–H groups in total. The molecule has 0 spiro atoms. The maximum absolute atomic E-state index is 12.7. The van der Waals surface area contributed by atoms with E-state index in [-0.39, 0.29) is 40.8 Å². The molecule has 5 unspecified atom stereocenters. The Labute approximate surface area is 162 Å². The van der Waals surface area contributed by atoms with Crippen LogP contribution in [0.1, 0.15) is 46.5 Å². The molecule has 3 fully saturated rings. The highest BCUT2D eigenvalue weighted by Crippen LogP contribution is 2.66. The van der Waals surface area contributed by atoms with Gasteiger partial charge in [-0.3, -0.25) is 9.59 Å². The summed E-state index contributed by atoms with van der Waals surface area (Å²) in [5, 5.41) is 11.3. The molecule has 0 aromatic heterocycles. The van der Waals surface area contributed by atoms with Gasteiger partial charge in [-0.1, -0.05) is 32.4 Å². The van der Waals surface area contributed by atoms with Gasteiger partial charge in [-0.15, -0.1) is 0 Å². The summed E-state index contributed by atoms with van der Waals surface area (Å²) in [5.41, 5.74) is 0.775. The van der Waals surface area contributed by atoms with Crippen molar-refractivity contribution in [3.8, 4) is 0 Å². The van der Waals surface area contributed by atoms with Crippen LogP contribution in [0.4, 0.5) is 0 Å². The Morgan fingerprint density at radius 1 is 1.33 bits per heavy atom. The van der Waals surface area contributed by atoms with E-state index in [1.807, 2.05) is 6.08 Å². The Kier molecular flexibility index (Phi) is 4.51. The number of aliphatic hydroxyl groups excluding tert-OH is 1. The highest BCUT2D eigenvalue weighted by molar-refractivity contribution is 6.01. The van der Waals surface area contributed by atoms with E-state index in [9.17, 15) is 14.7 Å². The predicted molar refractivity (Wildman–Crippen MR) is 103 cm³/mol. The minimum Gasteiger partial charge on any atom is -0.393 e. The second kappa shape index (κ2) is 6.38. The van der Waals surface area contributed by atoms with E-state index in [0.29, 0.717) is 24.2 Å². The van der Waals surface area contributed by atoms with Crippen molar-refractivity contribution < 1.29 is 19.4 Å². The Bertz CT molecular complexity index is 722. The third-order valence-electron chi connectivity index (χ3n) is 8.49. The number of rotatable bonds is 3. The van der Waals surface area contributed by atoms with Gasteiger partial charge in [0.2, 0.25) is 0 Å². The molecule has 4 nitrogen and oxygen atoms in total. The second-order valence-electron chi connectivity index (χ2n) is 9.86. The van der Waals surface area contributed by atoms with E-state index in [1.54, 1.807) is 19.3 Å². The molecule has 8 atom stereocenters. The molecule has 3 saturated carbocycles. The third-order valence-corrected chi connectivity index (χ3v) is 8.49. The number of fused-ring (bicyclic) bond motifs is 5. The zero-order valence-electron chi connectivity index (χ0n) is 16.9. The Hall–Kier alpha value is -1.26. The molecule has 148 valence electrons. The molecular formula is C23H32O4. The van der Waals surface area contributed by atoms with Crippen LogP contribution in [0, 0.1) is 40.4 Å². The number of methoxy groups -OCH3 is 1. The van der Waals surface area contributed by atoms with Gasteiger partial charge in [0.05, 0.1) is 6.10 Å². The van der Waals surface area contributed by atoms with Gasteiger partial charge < -0.3 is 9.84 Å². The van der Waals surface area contributed by atoms with E-state index < -0.39 is 6.10 Å². The molecular weight excluding hydrogens is 340 g/mol. The molecule has 4 rings (SSSR count). The van der Waals surface area contributed by atoms with Crippen LogP contribution >= 0.6 is 0 Å². The van der Waals surface area contributed by atoms with Crippen molar-refractivity contribution in [2.75, 3.05) is 13.7 Å². The van der Waals surface area contributed by atoms with Crippen molar-refractivity contribution in [3.05, 3.63) is 23.8 Å². The van der Waals surface area contributed by atoms with Crippen molar-refractivity contribution in [2.45, 2.75) is 52.6 Å². The van der Waals surface area contributed by atoms with Crippen molar-refractivity contribution in [1.29, 1.82) is 0 Å². The fraction of sp³-hybridized carbons (Fsp3) is 0.739. The first-order valence-corrected chi connectivity index (χ1v) is 10.4. The summed E-state index contributed by atoms with van der Waals surface area (Å²) < 4.78 is 5.13. The lowest BCUT2D eigenvalue weighted by Crippen LogP contribution is -2.57. The minimum absolute atomic E-state index is 0.0124. The van der Waals surface area contributed by atoms with Crippen molar-refractivity contribution in [2.24, 2.45) is 40.4 Å². The summed E-state index contributed by atoms with van der Waals surface area (Å²) in [6, 6.07) is 0. The molecule has 4 aliphatic carbocycles. The van der Waals surface area contributed by atoms with E-state index in [0.717, 1.165) is 19.3 Å². The SMILES string of the molecule is COCC(=O)C1CC[C@H]2C3C[C@H](C)C4=CC(=O)C=CC4(C)[C@H]3C(O)CC12C. The number of allylic oxidation sites excluding steroid dienone is 4. The van der Waals surface area contributed by atoms with Gasteiger partial charge in [-0.05, 0) is 61.0 Å². The Morgan fingerprint density at radius 3 is 2.78 bits per heavy atom. The molecule has 0 bridgehead atoms. The summed E-state index contributed by atoms with van der Waals surface area (Å²) in [6.45, 7) is 6.81. The standard InChI is InChI=1S/C23H32O4/c1-13-9-15-16-5-6-17(20(26)12-27-4)23(16,3)11-19(25)21(15)22(2)8-7-14(24)10-18(13)22/h7-8,10,13,15-17,19,21,25H,5-6,9,11-12H2,1-4H3/t13-,15?,16-,17?,19?,21+,22?,23?/m0/s1. The molecule has 0 radical (unpaired) electrons. The quantitative estimate of drug-likeness (QED) is 0.825. The van der Waals surface area contributed by atoms with E-state index in [1.165, 1.54) is 5.57 Å². The summed E-state index contributed by atoms with van der Waals surface area (Å²) in [5.74, 6) is 1.52. The average molecular weight is 373 g/mol. The maximum Gasteiger partial charge on any atom is 0.178 e. The molecule has 0 aromatic rings. The second-order valence-corrected chi connectivity index (χ2v) is 9.86. The van der Waals surface area contributed by atoms with Gasteiger partial charge in [-0.25, -0.2) is 0 Å². The number of ketones is 2. The monoisotopic (exact) mass is 372 g/mol. The van der Waals surface area contributed by atoms with E-state index in [4.69, 9.17) is 4.74 Å². The average Bonchev–Trinajstić information content (AvgIpc) is 2.93. The largest absolute Gasteiger partial charge is 0.393 e. The highest BCUT2D eigenvalue weighted by Gasteiger charge is 2.63. The van der Waals surface area contributed by atoms with Crippen LogP contribution in [0.2, 0.25) is 0 Å². The van der Waals surface area contributed by atoms with Gasteiger partial charge >= 0.3 is 0 Å². The van der Waals surface area contributed by atoms with Gasteiger partial charge in [-0.2, -0.15) is 0 Å². The van der Waals surface area contributed by atoms with Crippen LogP contribution in [0.5, 0.6) is 0 Å². The van der Waals surface area contributed by atoms with Crippen LogP contribution in [0.25, 0.3) is 0 Å². The summed E-state index contributed by atoms with van der Waals surface area (Å²) in [4.78, 5) is 24.7. The molecule has 4 heteroatoms. The third kappa shape index (κ3) is 2.63. The Balaban J connectivity index is 1.71. The maximum atomic E-state index is 12.7. The lowest BCUT2D eigenvalue weighted by molar-refractivity contribution is -0.143. The zero-order chi connectivity index (χ0) is 19.6. The first-order valence-electron chi connectivity index (χ1n) is 10.4. The first-order chi connectivity index (χ1) is 12.7. The smallest absolute Gasteiger partial charge is 0.178 e. The van der Waals surface area contributed by atoms with Crippen LogP contribution in [0.15, 0.2) is 23.8 Å². The fourth-order valence-electron chi connectivity index (χ4n) is 7.52. The summed E-state index contributed by atoms with van der Waals surface area (Å²) >= 11 is 0. The van der Waals surface area contributed by atoms with Gasteiger partial charge in [0.1, 0.15) is 6.61 Å². The summed E-state index contributed by atoms with van der Waals surface area (Å²) in [6.07, 6.45) is 8.70. The minimum atomic E-state index is -0.453. The molecule has 0 heterocycles. The van der Waals surface area contributed by atoms with Crippen molar-refractivity contribution >= 4 is 11.6 Å². The number of Topliss-reactive ketones (excluding diaryl/α,β-unsaturated/α-hetero) is 1. The van der Waals surface area contributed by atoms with Crippen molar-refractivity contribution in [3.63, 3.8) is 0 Å².